The van der Waals surface area contributed by atoms with Crippen LogP contribution >= 0.6 is 11.6 Å². The number of hydrogen-bond donors (Lipinski definition) is 2. The van der Waals surface area contributed by atoms with Crippen LogP contribution in [0.25, 0.3) is 33.6 Å². The first-order chi connectivity index (χ1) is 23.7. The van der Waals surface area contributed by atoms with Crippen molar-refractivity contribution in [1.82, 2.24) is 34.3 Å². The molecule has 4 bridgehead atoms. The van der Waals surface area contributed by atoms with Crippen molar-refractivity contribution in [1.29, 1.82) is 0 Å². The molecule has 11 nitrogen and oxygen atoms in total. The number of benzene rings is 1. The molecule has 2 fully saturated rings. The number of methoxy groups -OCH3 is 1. The molecule has 49 heavy (non-hydrogen) atoms. The molecule has 254 valence electrons. The second-order valence-corrected chi connectivity index (χ2v) is 14.2. The monoisotopic (exact) mass is 680 g/mol. The summed E-state index contributed by atoms with van der Waals surface area (Å²) in [6.07, 6.45) is 6.40. The van der Waals surface area contributed by atoms with Gasteiger partial charge in [0.05, 0.1) is 41.3 Å². The van der Waals surface area contributed by atoms with Gasteiger partial charge in [0.15, 0.2) is 5.82 Å². The number of carbonyl (C=O) groups excluding carboxylic acids is 2. The number of nitrogens with two attached hydrogens (primary N) is 1. The molecule has 0 unspecified atom stereocenters. The lowest BCUT2D eigenvalue weighted by molar-refractivity contribution is 0.0603. The number of piperidine rings is 1. The van der Waals surface area contributed by atoms with Crippen LogP contribution in [0, 0.1) is 5.92 Å². The Morgan fingerprint density at radius 3 is 2.76 bits per heavy atom. The molecule has 1 aromatic carbocycles. The number of carbonyl (C=O) groups is 2. The Morgan fingerprint density at radius 2 is 1.92 bits per heavy atom. The second-order valence-electron chi connectivity index (χ2n) is 13.9. The lowest BCUT2D eigenvalue weighted by Crippen LogP contribution is -2.51. The van der Waals surface area contributed by atoms with Gasteiger partial charge in [-0.05, 0) is 93.8 Å². The van der Waals surface area contributed by atoms with E-state index in [2.05, 4.69) is 27.0 Å². The molecule has 4 atom stereocenters. The molecule has 0 spiro atoms. The Hall–Kier alpha value is -4.48. The van der Waals surface area contributed by atoms with E-state index in [1.165, 1.54) is 0 Å². The Kier molecular flexibility index (Phi) is 8.07. The van der Waals surface area contributed by atoms with Crippen LogP contribution in [0.4, 0.5) is 0 Å². The highest BCUT2D eigenvalue weighted by Crippen LogP contribution is 2.39. The van der Waals surface area contributed by atoms with E-state index in [9.17, 15) is 9.59 Å². The van der Waals surface area contributed by atoms with Gasteiger partial charge >= 0.3 is 0 Å². The zero-order valence-electron chi connectivity index (χ0n) is 28.1. The number of likely N-dealkylation sites (tertiary alicyclic amines) is 1. The third-order valence-electron chi connectivity index (χ3n) is 10.8. The van der Waals surface area contributed by atoms with Crippen molar-refractivity contribution in [3.8, 4) is 17.3 Å². The van der Waals surface area contributed by atoms with Gasteiger partial charge in [0, 0.05) is 43.2 Å². The number of fused-ring (bicyclic) bond motifs is 5. The van der Waals surface area contributed by atoms with E-state index in [0.717, 1.165) is 78.8 Å². The highest BCUT2D eigenvalue weighted by atomic mass is 35.5. The van der Waals surface area contributed by atoms with Crippen LogP contribution < -0.4 is 15.8 Å². The zero-order valence-corrected chi connectivity index (χ0v) is 28.8. The number of pyridine rings is 2. The van der Waals surface area contributed by atoms with E-state index >= 15 is 0 Å². The molecule has 0 radical (unpaired) electrons. The van der Waals surface area contributed by atoms with E-state index in [-0.39, 0.29) is 29.9 Å². The van der Waals surface area contributed by atoms with Gasteiger partial charge in [0.2, 0.25) is 0 Å². The largest absolute Gasteiger partial charge is 0.494 e. The van der Waals surface area contributed by atoms with E-state index < -0.39 is 0 Å². The standard InChI is InChI=1S/C37H41ClN8O3/c1-20-27-12-9-22-17-30(45(34(22)42-27)14-6-4-5-7-28-25(36(47)40-20)11-13-32(38)41-28)35-43-29-16-23(18-31(49-3)33(29)44(35)2)37(48)46-19-26(39)21-8-10-24(46)15-21/h9,11-13,16-18,20-21,24,26H,4-8,10,14-15,19,39H2,1-3H3,(H,40,47)/t20-,21-,24+,26+/m1/s1. The summed E-state index contributed by atoms with van der Waals surface area (Å²) in [6, 6.07) is 13.2. The van der Waals surface area contributed by atoms with Crippen LogP contribution in [-0.2, 0) is 20.0 Å². The maximum Gasteiger partial charge on any atom is 0.254 e. The lowest BCUT2D eigenvalue weighted by Gasteiger charge is -2.37. The molecule has 6 heterocycles. The number of aryl methyl sites for hydroxylation is 3. The van der Waals surface area contributed by atoms with Gasteiger partial charge in [0.25, 0.3) is 11.8 Å². The van der Waals surface area contributed by atoms with Crippen molar-refractivity contribution in [2.75, 3.05) is 13.7 Å². The fourth-order valence-corrected chi connectivity index (χ4v) is 8.34. The minimum atomic E-state index is -0.337. The molecule has 12 heteroatoms. The van der Waals surface area contributed by atoms with E-state index in [1.54, 1.807) is 19.2 Å². The van der Waals surface area contributed by atoms with Gasteiger partial charge in [-0.2, -0.15) is 0 Å². The minimum Gasteiger partial charge on any atom is -0.494 e. The van der Waals surface area contributed by atoms with Crippen LogP contribution in [-0.4, -0.2) is 66.5 Å². The van der Waals surface area contributed by atoms with Crippen LogP contribution in [0.15, 0.2) is 42.5 Å². The number of amides is 2. The maximum atomic E-state index is 13.9. The molecule has 4 aromatic heterocycles. The van der Waals surface area contributed by atoms with Crippen molar-refractivity contribution in [3.63, 3.8) is 0 Å². The third-order valence-corrected chi connectivity index (χ3v) is 11.0. The Morgan fingerprint density at radius 1 is 1.06 bits per heavy atom. The molecule has 3 N–H and O–H groups in total. The summed E-state index contributed by atoms with van der Waals surface area (Å²) in [7, 11) is 3.62. The van der Waals surface area contributed by atoms with Gasteiger partial charge in [-0.25, -0.2) is 15.0 Å². The molecule has 2 amide bonds. The van der Waals surface area contributed by atoms with Crippen LogP contribution in [0.5, 0.6) is 5.75 Å². The predicted molar refractivity (Wildman–Crippen MR) is 189 cm³/mol. The first-order valence-corrected chi connectivity index (χ1v) is 17.7. The molecule has 5 aromatic rings. The third kappa shape index (κ3) is 5.53. The summed E-state index contributed by atoms with van der Waals surface area (Å²) in [6.45, 7) is 3.25. The molecular formula is C37H41ClN8O3. The van der Waals surface area contributed by atoms with Crippen molar-refractivity contribution in [2.45, 2.75) is 76.5 Å². The first-order valence-electron chi connectivity index (χ1n) is 17.3. The highest BCUT2D eigenvalue weighted by molar-refractivity contribution is 6.29. The average molecular weight is 681 g/mol. The second kappa shape index (κ2) is 12.4. The maximum absolute atomic E-state index is 13.9. The smallest absolute Gasteiger partial charge is 0.254 e. The lowest BCUT2D eigenvalue weighted by atomic mass is 9.94. The normalized spacial score (nSPS) is 22.7. The number of halogens is 1. The summed E-state index contributed by atoms with van der Waals surface area (Å²) in [5.74, 6) is 1.65. The van der Waals surface area contributed by atoms with Gasteiger partial charge in [-0.15, -0.1) is 0 Å². The SMILES string of the molecule is COc1cc(C(=O)N2C[C@H](N)[C@@H]3CC[C@H]2C3)cc2nc(-c3cc4ccc5nc4n3CCCCCc3nc(Cl)ccc3C(=O)N[C@@H]5C)n(C)c12. The molecule has 8 rings (SSSR count). The number of rotatable bonds is 3. The summed E-state index contributed by atoms with van der Waals surface area (Å²) < 4.78 is 10.2. The van der Waals surface area contributed by atoms with Gasteiger partial charge in [-0.3, -0.25) is 9.59 Å². The fourth-order valence-electron chi connectivity index (χ4n) is 8.18. The van der Waals surface area contributed by atoms with E-state index in [0.29, 0.717) is 52.1 Å². The number of aromatic nitrogens is 5. The van der Waals surface area contributed by atoms with Gasteiger partial charge in [-0.1, -0.05) is 18.0 Å². The molecule has 1 saturated carbocycles. The van der Waals surface area contributed by atoms with Crippen molar-refractivity contribution in [2.24, 2.45) is 18.7 Å². The number of nitrogens with one attached hydrogen (secondary N) is 1. The summed E-state index contributed by atoms with van der Waals surface area (Å²) in [5.41, 5.74) is 12.3. The molecule has 3 aliphatic rings. The van der Waals surface area contributed by atoms with Gasteiger partial charge in [0.1, 0.15) is 22.1 Å². The van der Waals surface area contributed by atoms with Crippen LogP contribution in [0.2, 0.25) is 5.15 Å². The highest BCUT2D eigenvalue weighted by Gasteiger charge is 2.41. The number of hydrogen-bond acceptors (Lipinski definition) is 7. The molecule has 2 aliphatic heterocycles. The van der Waals surface area contributed by atoms with Crippen molar-refractivity contribution >= 4 is 45.5 Å². The van der Waals surface area contributed by atoms with Gasteiger partial charge < -0.3 is 29.8 Å². The fraction of sp³-hybridized carbons (Fsp3) is 0.432. The number of ether oxygens (including phenoxy) is 1. The topological polar surface area (TPSA) is 133 Å². The van der Waals surface area contributed by atoms with Crippen LogP contribution in [0.1, 0.15) is 83.6 Å². The first kappa shape index (κ1) is 31.8. The summed E-state index contributed by atoms with van der Waals surface area (Å²) in [4.78, 5) is 44.0. The Bertz CT molecular complexity index is 2120. The van der Waals surface area contributed by atoms with Crippen LogP contribution in [0.3, 0.4) is 0 Å². The Labute approximate surface area is 289 Å². The average Bonchev–Trinajstić information content (AvgIpc) is 3.78. The molecule has 1 aliphatic carbocycles. The molecular weight excluding hydrogens is 640 g/mol. The Balaban J connectivity index is 1.18. The minimum absolute atomic E-state index is 0.0129. The predicted octanol–water partition coefficient (Wildman–Crippen LogP) is 5.82. The summed E-state index contributed by atoms with van der Waals surface area (Å²) in [5, 5.41) is 4.48. The van der Waals surface area contributed by atoms with Crippen molar-refractivity contribution < 1.29 is 14.3 Å². The quantitative estimate of drug-likeness (QED) is 0.230. The number of imidazole rings is 1. The van der Waals surface area contributed by atoms with E-state index in [4.69, 9.17) is 32.0 Å². The molecule has 1 saturated heterocycles. The number of nitrogens with zero attached hydrogens (tertiary/aromatic N) is 6. The van der Waals surface area contributed by atoms with Crippen molar-refractivity contribution in [3.05, 3.63) is 70.1 Å². The van der Waals surface area contributed by atoms with E-state index in [1.807, 2.05) is 41.6 Å². The zero-order chi connectivity index (χ0) is 34.0. The summed E-state index contributed by atoms with van der Waals surface area (Å²) >= 11 is 6.22.